The Morgan fingerprint density at radius 2 is 1.75 bits per heavy atom. The number of rotatable bonds is 3. The average molecular weight is 167 g/mol. The second-order valence-corrected chi connectivity index (χ2v) is 4.71. The Bertz CT molecular complexity index is 149. The van der Waals surface area contributed by atoms with Crippen LogP contribution in [-0.4, -0.2) is 13.6 Å². The molecule has 3 aliphatic rings. The molecule has 0 saturated heterocycles. The van der Waals surface area contributed by atoms with E-state index in [-0.39, 0.29) is 0 Å². The third kappa shape index (κ3) is 1.28. The Labute approximate surface area is 75.9 Å². The third-order valence-corrected chi connectivity index (χ3v) is 4.14. The van der Waals surface area contributed by atoms with Gasteiger partial charge in [0.2, 0.25) is 0 Å². The summed E-state index contributed by atoms with van der Waals surface area (Å²) >= 11 is 0. The van der Waals surface area contributed by atoms with Crippen LogP contribution in [0.2, 0.25) is 0 Å². The zero-order valence-corrected chi connectivity index (χ0v) is 8.34. The van der Waals surface area contributed by atoms with E-state index in [1.165, 1.54) is 19.4 Å². The van der Waals surface area contributed by atoms with Crippen molar-refractivity contribution in [3.05, 3.63) is 0 Å². The lowest BCUT2D eigenvalue weighted by Gasteiger charge is -2.51. The quantitative estimate of drug-likeness (QED) is 0.680. The van der Waals surface area contributed by atoms with Gasteiger partial charge in [0.15, 0.2) is 0 Å². The van der Waals surface area contributed by atoms with Crippen molar-refractivity contribution in [1.82, 2.24) is 5.32 Å². The lowest BCUT2D eigenvalue weighted by molar-refractivity contribution is -0.00590. The summed E-state index contributed by atoms with van der Waals surface area (Å²) in [6.45, 7) is 3.62. The molecule has 0 aromatic rings. The van der Waals surface area contributed by atoms with Crippen molar-refractivity contribution in [2.24, 2.45) is 23.7 Å². The van der Waals surface area contributed by atoms with Crippen LogP contribution < -0.4 is 5.32 Å². The third-order valence-electron chi connectivity index (χ3n) is 4.14. The first-order valence-electron chi connectivity index (χ1n) is 5.49. The highest BCUT2D eigenvalue weighted by molar-refractivity contribution is 4.95. The fourth-order valence-electron chi connectivity index (χ4n) is 3.26. The zero-order valence-electron chi connectivity index (χ0n) is 8.34. The van der Waals surface area contributed by atoms with Gasteiger partial charge in [0.1, 0.15) is 0 Å². The van der Waals surface area contributed by atoms with Crippen molar-refractivity contribution in [3.8, 4) is 0 Å². The molecule has 2 atom stereocenters. The molecule has 0 aromatic carbocycles. The van der Waals surface area contributed by atoms with Crippen LogP contribution in [0.4, 0.5) is 0 Å². The molecule has 3 saturated carbocycles. The molecule has 1 nitrogen and oxygen atoms in total. The highest BCUT2D eigenvalue weighted by atomic mass is 14.8. The Kier molecular flexibility index (Phi) is 2.40. The number of hydrogen-bond acceptors (Lipinski definition) is 1. The summed E-state index contributed by atoms with van der Waals surface area (Å²) in [6.07, 6.45) is 6.01. The van der Waals surface area contributed by atoms with E-state index in [9.17, 15) is 0 Å². The van der Waals surface area contributed by atoms with Gasteiger partial charge in [-0.25, -0.2) is 0 Å². The first-order chi connectivity index (χ1) is 5.85. The lowest BCUT2D eigenvalue weighted by Crippen LogP contribution is -2.45. The molecule has 0 amide bonds. The van der Waals surface area contributed by atoms with Gasteiger partial charge in [0.25, 0.3) is 0 Å². The Morgan fingerprint density at radius 3 is 2.33 bits per heavy atom. The molecule has 3 fully saturated rings. The smallest absolute Gasteiger partial charge is 0.00208 e. The molecule has 0 radical (unpaired) electrons. The number of fused-ring (bicyclic) bond motifs is 2. The van der Waals surface area contributed by atoms with Gasteiger partial charge in [-0.2, -0.15) is 0 Å². The first-order valence-corrected chi connectivity index (χ1v) is 5.49. The summed E-state index contributed by atoms with van der Waals surface area (Å²) in [6, 6.07) is 0. The summed E-state index contributed by atoms with van der Waals surface area (Å²) in [7, 11) is 2.09. The molecular formula is C11H21N. The van der Waals surface area contributed by atoms with E-state index in [0.29, 0.717) is 0 Å². The summed E-state index contributed by atoms with van der Waals surface area (Å²) in [5.74, 6) is 4.27. The molecule has 0 heterocycles. The Morgan fingerprint density at radius 1 is 1.08 bits per heavy atom. The topological polar surface area (TPSA) is 12.0 Å². The van der Waals surface area contributed by atoms with Crippen LogP contribution in [0.15, 0.2) is 0 Å². The molecule has 1 N–H and O–H groups in total. The minimum Gasteiger partial charge on any atom is -0.319 e. The summed E-state index contributed by atoms with van der Waals surface area (Å²) < 4.78 is 0. The van der Waals surface area contributed by atoms with Gasteiger partial charge in [-0.3, -0.25) is 0 Å². The van der Waals surface area contributed by atoms with Gasteiger partial charge in [-0.1, -0.05) is 13.3 Å². The zero-order chi connectivity index (χ0) is 8.55. The van der Waals surface area contributed by atoms with Crippen molar-refractivity contribution in [2.75, 3.05) is 13.6 Å². The second-order valence-electron chi connectivity index (χ2n) is 4.71. The monoisotopic (exact) mass is 167 g/mol. The minimum absolute atomic E-state index is 1.00. The van der Waals surface area contributed by atoms with Crippen LogP contribution in [0.1, 0.15) is 32.6 Å². The van der Waals surface area contributed by atoms with E-state index in [0.717, 1.165) is 23.7 Å². The molecule has 0 aliphatic heterocycles. The molecule has 2 bridgehead atoms. The van der Waals surface area contributed by atoms with E-state index in [4.69, 9.17) is 0 Å². The first kappa shape index (κ1) is 8.55. The van der Waals surface area contributed by atoms with Crippen LogP contribution in [0.25, 0.3) is 0 Å². The predicted octanol–water partition coefficient (Wildman–Crippen LogP) is 2.28. The predicted molar refractivity (Wildman–Crippen MR) is 52.0 cm³/mol. The van der Waals surface area contributed by atoms with Crippen LogP contribution in [0.3, 0.4) is 0 Å². The maximum Gasteiger partial charge on any atom is -0.00208 e. The number of hydrogen-bond donors (Lipinski definition) is 1. The molecule has 2 unspecified atom stereocenters. The van der Waals surface area contributed by atoms with Gasteiger partial charge in [-0.15, -0.1) is 0 Å². The van der Waals surface area contributed by atoms with E-state index in [1.54, 1.807) is 12.8 Å². The Hall–Kier alpha value is -0.0400. The largest absolute Gasteiger partial charge is 0.319 e. The molecular weight excluding hydrogens is 146 g/mol. The number of nitrogens with one attached hydrogen (secondary N) is 1. The van der Waals surface area contributed by atoms with Crippen molar-refractivity contribution in [2.45, 2.75) is 32.6 Å². The molecule has 70 valence electrons. The molecule has 1 heteroatoms. The highest BCUT2D eigenvalue weighted by Gasteiger charge is 2.44. The van der Waals surface area contributed by atoms with E-state index in [2.05, 4.69) is 19.3 Å². The minimum atomic E-state index is 1.00. The summed E-state index contributed by atoms with van der Waals surface area (Å²) in [5.41, 5.74) is 0. The molecule has 0 spiro atoms. The fourth-order valence-corrected chi connectivity index (χ4v) is 3.26. The van der Waals surface area contributed by atoms with E-state index < -0.39 is 0 Å². The van der Waals surface area contributed by atoms with Crippen molar-refractivity contribution in [3.63, 3.8) is 0 Å². The van der Waals surface area contributed by atoms with Gasteiger partial charge in [-0.05, 0) is 56.5 Å². The lowest BCUT2D eigenvalue weighted by atomic mass is 9.55. The van der Waals surface area contributed by atoms with E-state index in [1.807, 2.05) is 0 Å². The van der Waals surface area contributed by atoms with E-state index >= 15 is 0 Å². The van der Waals surface area contributed by atoms with Gasteiger partial charge < -0.3 is 5.32 Å². The average Bonchev–Trinajstić information content (AvgIpc) is 2.02. The van der Waals surface area contributed by atoms with Gasteiger partial charge in [0, 0.05) is 0 Å². The maximum atomic E-state index is 3.34. The highest BCUT2D eigenvalue weighted by Crippen LogP contribution is 2.52. The van der Waals surface area contributed by atoms with Crippen molar-refractivity contribution in [1.29, 1.82) is 0 Å². The molecule has 0 aromatic heterocycles. The molecule has 3 rings (SSSR count). The molecule has 3 aliphatic carbocycles. The van der Waals surface area contributed by atoms with Gasteiger partial charge in [0.05, 0.1) is 0 Å². The standard InChI is InChI=1S/C11H21N/c1-3-8-4-11(7-12-2)10-5-9(8)6-10/h8-12H,3-7H2,1-2H3. The second kappa shape index (κ2) is 3.37. The summed E-state index contributed by atoms with van der Waals surface area (Å²) in [4.78, 5) is 0. The van der Waals surface area contributed by atoms with Crippen LogP contribution in [-0.2, 0) is 0 Å². The van der Waals surface area contributed by atoms with Crippen LogP contribution in [0, 0.1) is 23.7 Å². The van der Waals surface area contributed by atoms with Crippen LogP contribution in [0.5, 0.6) is 0 Å². The van der Waals surface area contributed by atoms with Crippen molar-refractivity contribution >= 4 is 0 Å². The summed E-state index contributed by atoms with van der Waals surface area (Å²) in [5, 5.41) is 3.34. The molecule has 12 heavy (non-hydrogen) atoms. The van der Waals surface area contributed by atoms with Crippen LogP contribution >= 0.6 is 0 Å². The maximum absolute atomic E-state index is 3.34. The van der Waals surface area contributed by atoms with Crippen molar-refractivity contribution < 1.29 is 0 Å². The normalized spacial score (nSPS) is 45.5. The SMILES string of the molecule is CCC1CC(CNC)C2CC1C2. The van der Waals surface area contributed by atoms with Gasteiger partial charge >= 0.3 is 0 Å². The Balaban J connectivity index is 1.90. The fraction of sp³-hybridized carbons (Fsp3) is 1.00.